The normalized spacial score (nSPS) is 17.3. The molecular formula is C38H44ClF2N9O4. The zero-order valence-corrected chi connectivity index (χ0v) is 31.3. The number of nitrogens with zero attached hydrogens (tertiary/aromatic N) is 7. The van der Waals surface area contributed by atoms with Crippen LogP contribution < -0.4 is 10.6 Å². The molecule has 5 heterocycles. The molecular weight excluding hydrogens is 720 g/mol. The topological polar surface area (TPSA) is 130 Å². The third-order valence-electron chi connectivity index (χ3n) is 10.7. The highest BCUT2D eigenvalue weighted by atomic mass is 35.5. The summed E-state index contributed by atoms with van der Waals surface area (Å²) < 4.78 is 35.0. The van der Waals surface area contributed by atoms with E-state index >= 15 is 0 Å². The quantitative estimate of drug-likeness (QED) is 0.228. The highest BCUT2D eigenvalue weighted by Crippen LogP contribution is 2.43. The summed E-state index contributed by atoms with van der Waals surface area (Å²) in [5.41, 5.74) is 4.52. The van der Waals surface area contributed by atoms with E-state index in [-0.39, 0.29) is 47.8 Å². The number of imidazole rings is 1. The average Bonchev–Trinajstić information content (AvgIpc) is 3.70. The van der Waals surface area contributed by atoms with E-state index in [1.54, 1.807) is 42.2 Å². The molecule has 1 spiro atoms. The van der Waals surface area contributed by atoms with Crippen molar-refractivity contribution in [3.05, 3.63) is 99.3 Å². The monoisotopic (exact) mass is 763 g/mol. The number of anilines is 1. The largest absolute Gasteiger partial charge is 0.377 e. The molecule has 2 aromatic carbocycles. The van der Waals surface area contributed by atoms with Crippen LogP contribution in [0.15, 0.2) is 54.7 Å². The smallest absolute Gasteiger partial charge is 0.287 e. The minimum Gasteiger partial charge on any atom is -0.377 e. The summed E-state index contributed by atoms with van der Waals surface area (Å²) in [4.78, 5) is 49.1. The number of benzene rings is 2. The predicted molar refractivity (Wildman–Crippen MR) is 198 cm³/mol. The van der Waals surface area contributed by atoms with Crippen molar-refractivity contribution in [2.75, 3.05) is 58.8 Å². The van der Waals surface area contributed by atoms with Crippen molar-refractivity contribution in [3.8, 4) is 0 Å². The Morgan fingerprint density at radius 3 is 2.30 bits per heavy atom. The number of halogens is 3. The fraction of sp³-hybridized carbons (Fsp3) is 0.447. The molecule has 3 aliphatic heterocycles. The van der Waals surface area contributed by atoms with Crippen LogP contribution >= 0.6 is 11.6 Å². The zero-order chi connectivity index (χ0) is 38.1. The molecule has 3 amide bonds. The predicted octanol–water partition coefficient (Wildman–Crippen LogP) is 4.57. The molecule has 0 radical (unpaired) electrons. The van der Waals surface area contributed by atoms with Gasteiger partial charge in [0.1, 0.15) is 5.54 Å². The number of nitrogens with one attached hydrogen (secondary N) is 2. The number of alkyl halides is 2. The molecule has 286 valence electrons. The van der Waals surface area contributed by atoms with E-state index in [1.165, 1.54) is 0 Å². The summed E-state index contributed by atoms with van der Waals surface area (Å²) in [5, 5.41) is 10.6. The molecule has 2 saturated heterocycles. The molecule has 13 nitrogen and oxygen atoms in total. The highest BCUT2D eigenvalue weighted by Gasteiger charge is 2.52. The molecule has 2 fully saturated rings. The Hall–Kier alpha value is -4.70. The Balaban J connectivity index is 0.947. The second kappa shape index (κ2) is 15.6. The first-order valence-corrected chi connectivity index (χ1v) is 18.4. The van der Waals surface area contributed by atoms with Crippen LogP contribution in [0.25, 0.3) is 0 Å². The second-order valence-corrected chi connectivity index (χ2v) is 14.8. The molecule has 0 atom stereocenters. The molecule has 0 aliphatic carbocycles. The van der Waals surface area contributed by atoms with Crippen molar-refractivity contribution >= 4 is 35.0 Å². The summed E-state index contributed by atoms with van der Waals surface area (Å²) in [6, 6.07) is 14.9. The van der Waals surface area contributed by atoms with Gasteiger partial charge in [0.15, 0.2) is 5.15 Å². The van der Waals surface area contributed by atoms with Crippen LogP contribution in [0, 0.1) is 6.92 Å². The number of hydrogen-bond acceptors (Lipinski definition) is 8. The number of fused-ring (bicyclic) bond motifs is 2. The van der Waals surface area contributed by atoms with Crippen LogP contribution in [0.5, 0.6) is 0 Å². The van der Waals surface area contributed by atoms with E-state index in [2.05, 4.69) is 25.6 Å². The SMILES string of the molecule is Cc1c(C(=O)Nc2ccc(CNC(=O)c3nc(Cl)c4n3CCN(Cc3ccc(C(=O)N(C)C)cc3)C43COC3)cc2)cnn1C1CCN(CC(F)F)CC1. The third kappa shape index (κ3) is 7.50. The third-order valence-corrected chi connectivity index (χ3v) is 10.9. The first kappa shape index (κ1) is 37.6. The summed E-state index contributed by atoms with van der Waals surface area (Å²) in [7, 11) is 3.45. The van der Waals surface area contributed by atoms with Gasteiger partial charge >= 0.3 is 0 Å². The number of piperidine rings is 1. The summed E-state index contributed by atoms with van der Waals surface area (Å²) in [5.74, 6) is -0.452. The zero-order valence-electron chi connectivity index (χ0n) is 30.5. The second-order valence-electron chi connectivity index (χ2n) is 14.4. The van der Waals surface area contributed by atoms with Gasteiger partial charge in [0.25, 0.3) is 24.1 Å². The van der Waals surface area contributed by atoms with Crippen LogP contribution in [0.2, 0.25) is 5.15 Å². The van der Waals surface area contributed by atoms with Crippen molar-refractivity contribution < 1.29 is 27.9 Å². The van der Waals surface area contributed by atoms with Crippen molar-refractivity contribution in [2.24, 2.45) is 0 Å². The minimum atomic E-state index is -2.35. The van der Waals surface area contributed by atoms with Crippen molar-refractivity contribution in [1.29, 1.82) is 0 Å². The van der Waals surface area contributed by atoms with E-state index in [1.807, 2.05) is 52.6 Å². The van der Waals surface area contributed by atoms with Crippen LogP contribution in [0.3, 0.4) is 0 Å². The lowest BCUT2D eigenvalue weighted by molar-refractivity contribution is -0.162. The Morgan fingerprint density at radius 1 is 0.981 bits per heavy atom. The number of amides is 3. The molecule has 7 rings (SSSR count). The lowest BCUT2D eigenvalue weighted by Crippen LogP contribution is -2.63. The van der Waals surface area contributed by atoms with Gasteiger partial charge in [-0.15, -0.1) is 0 Å². The van der Waals surface area contributed by atoms with E-state index in [4.69, 9.17) is 16.3 Å². The van der Waals surface area contributed by atoms with Crippen LogP contribution in [-0.4, -0.2) is 112 Å². The maximum absolute atomic E-state index is 13.5. The lowest BCUT2D eigenvalue weighted by Gasteiger charge is -2.52. The van der Waals surface area contributed by atoms with Gasteiger partial charge in [0.2, 0.25) is 5.82 Å². The van der Waals surface area contributed by atoms with Crippen molar-refractivity contribution in [1.82, 2.24) is 39.3 Å². The van der Waals surface area contributed by atoms with Crippen molar-refractivity contribution in [2.45, 2.75) is 57.4 Å². The fourth-order valence-corrected chi connectivity index (χ4v) is 8.00. The molecule has 2 N–H and O–H groups in total. The van der Waals surface area contributed by atoms with Gasteiger partial charge in [0, 0.05) is 70.3 Å². The van der Waals surface area contributed by atoms with Gasteiger partial charge < -0.3 is 24.8 Å². The highest BCUT2D eigenvalue weighted by molar-refractivity contribution is 6.30. The van der Waals surface area contributed by atoms with E-state index < -0.39 is 12.0 Å². The van der Waals surface area contributed by atoms with E-state index in [0.717, 1.165) is 22.5 Å². The van der Waals surface area contributed by atoms with Crippen LogP contribution in [0.1, 0.15) is 72.7 Å². The maximum Gasteiger partial charge on any atom is 0.287 e. The van der Waals surface area contributed by atoms with Gasteiger partial charge in [-0.25, -0.2) is 13.8 Å². The van der Waals surface area contributed by atoms with E-state index in [9.17, 15) is 23.2 Å². The number of rotatable bonds is 11. The standard InChI is InChI=1S/C38H44ClF2N9O4/c1-24-30(19-43-50(24)29-12-14-47(15-13-29)21-31(40)41)35(51)44-28-10-6-25(7-11-28)18-42-36(52)34-45-33(39)32-38(22-54-23-38)48(16-17-49(32)34)20-26-4-8-27(9-5-26)37(53)46(2)3/h4-11,19,29,31H,12-18,20-23H2,1-3H3,(H,42,52)(H,44,51). The Bertz CT molecular complexity index is 2000. The minimum absolute atomic E-state index is 0.0513. The van der Waals surface area contributed by atoms with Gasteiger partial charge in [-0.05, 0) is 55.2 Å². The van der Waals surface area contributed by atoms with Crippen LogP contribution in [-0.2, 0) is 29.9 Å². The molecule has 0 unspecified atom stereocenters. The van der Waals surface area contributed by atoms with Crippen LogP contribution in [0.4, 0.5) is 14.5 Å². The average molecular weight is 764 g/mol. The van der Waals surface area contributed by atoms with Gasteiger partial charge in [0.05, 0.1) is 43.3 Å². The molecule has 16 heteroatoms. The summed E-state index contributed by atoms with van der Waals surface area (Å²) in [6.45, 7) is 5.63. The Kier molecular flexibility index (Phi) is 10.8. The first-order valence-electron chi connectivity index (χ1n) is 18.1. The number of ether oxygens (including phenoxy) is 1. The Labute approximate surface area is 317 Å². The molecule has 4 aromatic rings. The lowest BCUT2D eigenvalue weighted by atomic mass is 9.88. The fourth-order valence-electron chi connectivity index (χ4n) is 7.64. The number of carbonyl (C=O) groups is 3. The number of hydrogen-bond donors (Lipinski definition) is 2. The van der Waals surface area contributed by atoms with Gasteiger partial charge in [-0.3, -0.25) is 28.9 Å². The number of carbonyl (C=O) groups excluding carboxylic acids is 3. The van der Waals surface area contributed by atoms with Gasteiger partial charge in [-0.2, -0.15) is 5.10 Å². The number of likely N-dealkylation sites (tertiary alicyclic amines) is 1. The molecule has 2 aromatic heterocycles. The Morgan fingerprint density at radius 2 is 1.67 bits per heavy atom. The van der Waals surface area contributed by atoms with Crippen molar-refractivity contribution in [3.63, 3.8) is 0 Å². The summed E-state index contributed by atoms with van der Waals surface area (Å²) >= 11 is 6.75. The van der Waals surface area contributed by atoms with E-state index in [0.29, 0.717) is 75.6 Å². The molecule has 3 aliphatic rings. The summed E-state index contributed by atoms with van der Waals surface area (Å²) in [6.07, 6.45) is 0.584. The first-order chi connectivity index (χ1) is 25.9. The maximum atomic E-state index is 13.5. The molecule has 0 saturated carbocycles. The number of aromatic nitrogens is 4. The molecule has 54 heavy (non-hydrogen) atoms. The molecule has 0 bridgehead atoms. The van der Waals surface area contributed by atoms with Gasteiger partial charge in [-0.1, -0.05) is 35.9 Å².